The second kappa shape index (κ2) is 8.24. The Morgan fingerprint density at radius 2 is 1.96 bits per heavy atom. The number of hydrazone groups is 1. The van der Waals surface area contributed by atoms with Crippen molar-refractivity contribution in [3.8, 4) is 11.5 Å². The molecule has 0 spiro atoms. The molecule has 0 heterocycles. The molecule has 0 atom stereocenters. The average molecular weight is 417 g/mol. The summed E-state index contributed by atoms with van der Waals surface area (Å²) < 4.78 is 49.5. The number of nitrogens with one attached hydrogen (secondary N) is 1. The molecule has 2 aromatic carbocycles. The highest BCUT2D eigenvalue weighted by molar-refractivity contribution is 9.10. The summed E-state index contributed by atoms with van der Waals surface area (Å²) in [7, 11) is 1.53. The summed E-state index contributed by atoms with van der Waals surface area (Å²) in [6, 6.07) is 8.27. The van der Waals surface area contributed by atoms with Crippen LogP contribution in [0.15, 0.2) is 46.0 Å². The number of alkyl halides is 3. The van der Waals surface area contributed by atoms with E-state index in [0.29, 0.717) is 28.1 Å². The number of benzene rings is 2. The molecule has 0 saturated carbocycles. The highest BCUT2D eigenvalue weighted by Crippen LogP contribution is 2.33. The van der Waals surface area contributed by atoms with Gasteiger partial charge < -0.3 is 9.47 Å². The van der Waals surface area contributed by atoms with Gasteiger partial charge in [-0.2, -0.15) is 18.3 Å². The fraction of sp³-hybridized carbons (Fsp3) is 0.235. The summed E-state index contributed by atoms with van der Waals surface area (Å²) in [5.41, 5.74) is 2.77. The van der Waals surface area contributed by atoms with Crippen molar-refractivity contribution in [2.75, 3.05) is 19.1 Å². The lowest BCUT2D eigenvalue weighted by Gasteiger charge is -2.11. The summed E-state index contributed by atoms with van der Waals surface area (Å²) >= 11 is 3.39. The number of hydrogen-bond acceptors (Lipinski definition) is 4. The topological polar surface area (TPSA) is 42.8 Å². The molecule has 134 valence electrons. The van der Waals surface area contributed by atoms with Crippen LogP contribution >= 0.6 is 15.9 Å². The van der Waals surface area contributed by atoms with Gasteiger partial charge in [-0.1, -0.05) is 6.07 Å². The standard InChI is InChI=1S/C17H16BrF3N2O2/c1-3-25-16-7-11(14(18)9-15(16)24-2)10-22-23-13-6-4-5-12(8-13)17(19,20)21/h4-10,23H,3H2,1-2H3. The molecule has 0 saturated heterocycles. The van der Waals surface area contributed by atoms with E-state index in [0.717, 1.165) is 12.1 Å². The highest BCUT2D eigenvalue weighted by Gasteiger charge is 2.30. The Balaban J connectivity index is 2.18. The lowest BCUT2D eigenvalue weighted by molar-refractivity contribution is -0.137. The smallest absolute Gasteiger partial charge is 0.416 e. The molecule has 0 fully saturated rings. The molecule has 0 aliphatic carbocycles. The monoisotopic (exact) mass is 416 g/mol. The van der Waals surface area contributed by atoms with Crippen LogP contribution in [0, 0.1) is 0 Å². The first-order valence-corrected chi connectivity index (χ1v) is 8.11. The van der Waals surface area contributed by atoms with Crippen LogP contribution in [0.4, 0.5) is 18.9 Å². The minimum Gasteiger partial charge on any atom is -0.493 e. The molecule has 0 aliphatic rings. The summed E-state index contributed by atoms with van der Waals surface area (Å²) in [4.78, 5) is 0. The van der Waals surface area contributed by atoms with Gasteiger partial charge >= 0.3 is 6.18 Å². The number of nitrogens with zero attached hydrogens (tertiary/aromatic N) is 1. The van der Waals surface area contributed by atoms with Gasteiger partial charge in [0, 0.05) is 10.0 Å². The highest BCUT2D eigenvalue weighted by atomic mass is 79.9. The van der Waals surface area contributed by atoms with Gasteiger partial charge in [-0.05, 0) is 53.2 Å². The lowest BCUT2D eigenvalue weighted by Crippen LogP contribution is -2.05. The maximum atomic E-state index is 12.7. The van der Waals surface area contributed by atoms with Crippen LogP contribution in [-0.4, -0.2) is 19.9 Å². The number of rotatable bonds is 6. The van der Waals surface area contributed by atoms with Crippen LogP contribution in [0.2, 0.25) is 0 Å². The van der Waals surface area contributed by atoms with E-state index in [2.05, 4.69) is 26.5 Å². The molecule has 0 amide bonds. The van der Waals surface area contributed by atoms with Gasteiger partial charge in [-0.25, -0.2) is 0 Å². The first-order valence-electron chi connectivity index (χ1n) is 7.31. The molecule has 8 heteroatoms. The predicted octanol–water partition coefficient (Wildman–Crippen LogP) is 5.32. The minimum atomic E-state index is -4.40. The van der Waals surface area contributed by atoms with Crippen LogP contribution in [0.5, 0.6) is 11.5 Å². The van der Waals surface area contributed by atoms with Gasteiger partial charge in [0.1, 0.15) is 0 Å². The fourth-order valence-corrected chi connectivity index (χ4v) is 2.44. The van der Waals surface area contributed by atoms with E-state index in [-0.39, 0.29) is 5.69 Å². The van der Waals surface area contributed by atoms with Crippen molar-refractivity contribution in [3.05, 3.63) is 52.0 Å². The number of hydrogen-bond donors (Lipinski definition) is 1. The molecule has 0 bridgehead atoms. The van der Waals surface area contributed by atoms with E-state index in [1.165, 1.54) is 25.5 Å². The van der Waals surface area contributed by atoms with Crippen LogP contribution < -0.4 is 14.9 Å². The third kappa shape index (κ3) is 5.12. The van der Waals surface area contributed by atoms with Crippen LogP contribution in [0.25, 0.3) is 0 Å². The molecule has 0 aliphatic heterocycles. The summed E-state index contributed by atoms with van der Waals surface area (Å²) in [6.07, 6.45) is -2.92. The Morgan fingerprint density at radius 1 is 1.20 bits per heavy atom. The first-order chi connectivity index (χ1) is 11.8. The molecular formula is C17H16BrF3N2O2. The molecule has 1 N–H and O–H groups in total. The average Bonchev–Trinajstić information content (AvgIpc) is 2.57. The molecule has 0 radical (unpaired) electrons. The summed E-state index contributed by atoms with van der Waals surface area (Å²) in [6.45, 7) is 2.32. The normalized spacial score (nSPS) is 11.6. The molecule has 0 unspecified atom stereocenters. The zero-order valence-corrected chi connectivity index (χ0v) is 15.1. The van der Waals surface area contributed by atoms with E-state index in [9.17, 15) is 13.2 Å². The van der Waals surface area contributed by atoms with E-state index in [4.69, 9.17) is 9.47 Å². The van der Waals surface area contributed by atoms with E-state index in [1.54, 1.807) is 12.1 Å². The molecule has 2 aromatic rings. The number of ether oxygens (including phenoxy) is 2. The zero-order valence-electron chi connectivity index (χ0n) is 13.5. The van der Waals surface area contributed by atoms with E-state index < -0.39 is 11.7 Å². The Labute approximate surface area is 151 Å². The van der Waals surface area contributed by atoms with Crippen LogP contribution in [0.1, 0.15) is 18.1 Å². The van der Waals surface area contributed by atoms with Gasteiger partial charge in [-0.15, -0.1) is 0 Å². The maximum Gasteiger partial charge on any atom is 0.416 e. The van der Waals surface area contributed by atoms with Gasteiger partial charge in [0.15, 0.2) is 11.5 Å². The molecule has 25 heavy (non-hydrogen) atoms. The largest absolute Gasteiger partial charge is 0.493 e. The quantitative estimate of drug-likeness (QED) is 0.511. The SMILES string of the molecule is CCOc1cc(C=NNc2cccc(C(F)(F)F)c2)c(Br)cc1OC. The van der Waals surface area contributed by atoms with Crippen molar-refractivity contribution in [1.82, 2.24) is 0 Å². The third-order valence-corrected chi connectivity index (χ3v) is 3.86. The van der Waals surface area contributed by atoms with Gasteiger partial charge in [0.2, 0.25) is 0 Å². The third-order valence-electron chi connectivity index (χ3n) is 3.17. The zero-order chi connectivity index (χ0) is 18.4. The molecule has 2 rings (SSSR count). The Hall–Kier alpha value is -2.22. The Kier molecular flexibility index (Phi) is 6.30. The Bertz CT molecular complexity index is 764. The molecule has 4 nitrogen and oxygen atoms in total. The second-order valence-corrected chi connectivity index (χ2v) is 5.76. The number of anilines is 1. The Morgan fingerprint density at radius 3 is 2.60 bits per heavy atom. The van der Waals surface area contributed by atoms with Crippen LogP contribution in [-0.2, 0) is 6.18 Å². The van der Waals surface area contributed by atoms with Crippen LogP contribution in [0.3, 0.4) is 0 Å². The second-order valence-electron chi connectivity index (χ2n) is 4.91. The maximum absolute atomic E-state index is 12.7. The first kappa shape index (κ1) is 19.1. The van der Waals surface area contributed by atoms with Crippen molar-refractivity contribution in [2.24, 2.45) is 5.10 Å². The fourth-order valence-electron chi connectivity index (χ4n) is 2.02. The molecular weight excluding hydrogens is 401 g/mol. The van der Waals surface area contributed by atoms with E-state index in [1.807, 2.05) is 6.92 Å². The van der Waals surface area contributed by atoms with Crippen molar-refractivity contribution in [1.29, 1.82) is 0 Å². The predicted molar refractivity (Wildman–Crippen MR) is 94.5 cm³/mol. The molecule has 0 aromatic heterocycles. The van der Waals surface area contributed by atoms with Crippen molar-refractivity contribution >= 4 is 27.8 Å². The van der Waals surface area contributed by atoms with E-state index >= 15 is 0 Å². The van der Waals surface area contributed by atoms with Gasteiger partial charge in [0.05, 0.1) is 31.2 Å². The number of halogens is 4. The van der Waals surface area contributed by atoms with Gasteiger partial charge in [0.25, 0.3) is 0 Å². The minimum absolute atomic E-state index is 0.237. The van der Waals surface area contributed by atoms with Crippen molar-refractivity contribution in [3.63, 3.8) is 0 Å². The number of methoxy groups -OCH3 is 1. The summed E-state index contributed by atoms with van der Waals surface area (Å²) in [5.74, 6) is 1.12. The van der Waals surface area contributed by atoms with Crippen molar-refractivity contribution < 1.29 is 22.6 Å². The van der Waals surface area contributed by atoms with Gasteiger partial charge in [-0.3, -0.25) is 5.43 Å². The summed E-state index contributed by atoms with van der Waals surface area (Å²) in [5, 5.41) is 3.98. The van der Waals surface area contributed by atoms with Crippen molar-refractivity contribution in [2.45, 2.75) is 13.1 Å². The lowest BCUT2D eigenvalue weighted by atomic mass is 10.2.